The molecule has 0 unspecified atom stereocenters. The Bertz CT molecular complexity index is 446. The smallest absolute Gasteiger partial charge is 0.220 e. The summed E-state index contributed by atoms with van der Waals surface area (Å²) in [6, 6.07) is 9.23. The first-order chi connectivity index (χ1) is 9.88. The van der Waals surface area contributed by atoms with E-state index in [1.807, 2.05) is 30.3 Å². The number of amides is 1. The van der Waals surface area contributed by atoms with Crippen LogP contribution in [0.1, 0.15) is 63.2 Å². The Morgan fingerprint density at radius 3 is 2.29 bits per heavy atom. The van der Waals surface area contributed by atoms with Gasteiger partial charge in [0.25, 0.3) is 0 Å². The van der Waals surface area contributed by atoms with Gasteiger partial charge in [-0.2, -0.15) is 0 Å². The summed E-state index contributed by atoms with van der Waals surface area (Å²) in [5.74, 6) is 0.154. The number of Topliss-reactive ketones (excluding diaryl/α,β-unsaturated/α-hetero) is 1. The number of benzene rings is 1. The zero-order valence-corrected chi connectivity index (χ0v) is 13.4. The van der Waals surface area contributed by atoms with Crippen molar-refractivity contribution in [1.82, 2.24) is 5.32 Å². The fourth-order valence-electron chi connectivity index (χ4n) is 2.11. The minimum atomic E-state index is 0.0461. The minimum Gasteiger partial charge on any atom is -0.356 e. The number of nitrogens with one attached hydrogen (secondary N) is 1. The molecule has 1 rings (SSSR count). The molecular weight excluding hydrogens is 262 g/mol. The first-order valence-electron chi connectivity index (χ1n) is 7.73. The topological polar surface area (TPSA) is 46.2 Å². The van der Waals surface area contributed by atoms with Crippen LogP contribution in [-0.4, -0.2) is 18.2 Å². The number of carbonyl (C=O) groups is 2. The fourth-order valence-corrected chi connectivity index (χ4v) is 2.11. The average Bonchev–Trinajstić information content (AvgIpc) is 2.43. The van der Waals surface area contributed by atoms with Crippen molar-refractivity contribution in [3.05, 3.63) is 35.9 Å². The van der Waals surface area contributed by atoms with Crippen molar-refractivity contribution >= 4 is 11.7 Å². The van der Waals surface area contributed by atoms with Gasteiger partial charge in [-0.3, -0.25) is 9.59 Å². The van der Waals surface area contributed by atoms with E-state index in [2.05, 4.69) is 26.1 Å². The average molecular weight is 289 g/mol. The van der Waals surface area contributed by atoms with Gasteiger partial charge in [-0.15, -0.1) is 0 Å². The molecule has 1 aromatic carbocycles. The van der Waals surface area contributed by atoms with Gasteiger partial charge >= 0.3 is 0 Å². The zero-order chi connectivity index (χ0) is 15.7. The van der Waals surface area contributed by atoms with E-state index in [1.54, 1.807) is 0 Å². The molecule has 3 heteroatoms. The summed E-state index contributed by atoms with van der Waals surface area (Å²) >= 11 is 0. The van der Waals surface area contributed by atoms with Gasteiger partial charge in [0.15, 0.2) is 5.78 Å². The molecule has 0 atom stereocenters. The number of carbonyl (C=O) groups excluding carboxylic acids is 2. The van der Waals surface area contributed by atoms with Crippen molar-refractivity contribution in [1.29, 1.82) is 0 Å². The van der Waals surface area contributed by atoms with Crippen LogP contribution in [0.25, 0.3) is 0 Å². The van der Waals surface area contributed by atoms with Gasteiger partial charge in [0.1, 0.15) is 0 Å². The molecule has 1 amide bonds. The molecular formula is C18H27NO2. The van der Waals surface area contributed by atoms with E-state index in [1.165, 1.54) is 0 Å². The second-order valence-corrected chi connectivity index (χ2v) is 6.66. The van der Waals surface area contributed by atoms with Crippen molar-refractivity contribution in [3.8, 4) is 0 Å². The third-order valence-corrected chi connectivity index (χ3v) is 3.33. The molecule has 0 spiro atoms. The standard InChI is InChI=1S/C18H27NO2/c1-18(2,3)13-8-14-19-17(21)12-7-11-16(20)15-9-5-4-6-10-15/h4-6,9-10H,7-8,11-14H2,1-3H3,(H,19,21). The van der Waals surface area contributed by atoms with E-state index in [-0.39, 0.29) is 11.7 Å². The van der Waals surface area contributed by atoms with Crippen molar-refractivity contribution in [2.24, 2.45) is 5.41 Å². The number of rotatable bonds is 8. The lowest BCUT2D eigenvalue weighted by Crippen LogP contribution is -2.25. The molecule has 0 fully saturated rings. The summed E-state index contributed by atoms with van der Waals surface area (Å²) in [5, 5.41) is 2.92. The van der Waals surface area contributed by atoms with E-state index in [0.717, 1.165) is 24.9 Å². The Morgan fingerprint density at radius 1 is 1.00 bits per heavy atom. The van der Waals surface area contributed by atoms with Gasteiger partial charge in [-0.05, 0) is 24.7 Å². The number of ketones is 1. The highest BCUT2D eigenvalue weighted by Gasteiger charge is 2.10. The first-order valence-corrected chi connectivity index (χ1v) is 7.73. The maximum Gasteiger partial charge on any atom is 0.220 e. The molecule has 0 aliphatic heterocycles. The lowest BCUT2D eigenvalue weighted by atomic mass is 9.91. The normalized spacial score (nSPS) is 11.2. The van der Waals surface area contributed by atoms with Crippen molar-refractivity contribution in [3.63, 3.8) is 0 Å². The van der Waals surface area contributed by atoms with E-state index < -0.39 is 0 Å². The van der Waals surface area contributed by atoms with Crippen molar-refractivity contribution in [2.45, 2.75) is 52.9 Å². The first kappa shape index (κ1) is 17.4. The highest BCUT2D eigenvalue weighted by atomic mass is 16.1. The molecule has 116 valence electrons. The number of hydrogen-bond acceptors (Lipinski definition) is 2. The number of hydrogen-bond donors (Lipinski definition) is 1. The molecule has 0 saturated carbocycles. The second-order valence-electron chi connectivity index (χ2n) is 6.66. The zero-order valence-electron chi connectivity index (χ0n) is 13.4. The molecule has 0 bridgehead atoms. The summed E-state index contributed by atoms with van der Waals surface area (Å²) in [6.07, 6.45) is 3.56. The Balaban J connectivity index is 2.12. The SMILES string of the molecule is CC(C)(C)CCCNC(=O)CCCC(=O)c1ccccc1. The van der Waals surface area contributed by atoms with E-state index >= 15 is 0 Å². The van der Waals surface area contributed by atoms with E-state index in [9.17, 15) is 9.59 Å². The largest absolute Gasteiger partial charge is 0.356 e. The van der Waals surface area contributed by atoms with Gasteiger partial charge in [0.2, 0.25) is 5.91 Å². The Labute approximate surface area is 128 Å². The van der Waals surface area contributed by atoms with Gasteiger partial charge in [-0.1, -0.05) is 51.1 Å². The van der Waals surface area contributed by atoms with Crippen molar-refractivity contribution < 1.29 is 9.59 Å². The predicted molar refractivity (Wildman–Crippen MR) is 86.3 cm³/mol. The van der Waals surface area contributed by atoms with Crippen LogP contribution in [0.3, 0.4) is 0 Å². The molecule has 0 aliphatic carbocycles. The molecule has 0 heterocycles. The minimum absolute atomic E-state index is 0.0461. The summed E-state index contributed by atoms with van der Waals surface area (Å²) in [7, 11) is 0. The van der Waals surface area contributed by atoms with Gasteiger partial charge < -0.3 is 5.32 Å². The highest BCUT2D eigenvalue weighted by molar-refractivity contribution is 5.96. The lowest BCUT2D eigenvalue weighted by molar-refractivity contribution is -0.121. The fraction of sp³-hybridized carbons (Fsp3) is 0.556. The second kappa shape index (κ2) is 8.60. The summed E-state index contributed by atoms with van der Waals surface area (Å²) in [6.45, 7) is 7.32. The Hall–Kier alpha value is -1.64. The molecule has 3 nitrogen and oxygen atoms in total. The van der Waals surface area contributed by atoms with Gasteiger partial charge in [-0.25, -0.2) is 0 Å². The summed E-state index contributed by atoms with van der Waals surface area (Å²) < 4.78 is 0. The maximum atomic E-state index is 11.9. The maximum absolute atomic E-state index is 11.9. The highest BCUT2D eigenvalue weighted by Crippen LogP contribution is 2.19. The molecule has 1 aromatic rings. The lowest BCUT2D eigenvalue weighted by Gasteiger charge is -2.17. The van der Waals surface area contributed by atoms with E-state index in [4.69, 9.17) is 0 Å². The third-order valence-electron chi connectivity index (χ3n) is 3.33. The summed E-state index contributed by atoms with van der Waals surface area (Å²) in [4.78, 5) is 23.5. The van der Waals surface area contributed by atoms with Crippen LogP contribution < -0.4 is 5.32 Å². The predicted octanol–water partition coefficient (Wildman–Crippen LogP) is 3.98. The van der Waals surface area contributed by atoms with Gasteiger partial charge in [0.05, 0.1) is 0 Å². The molecule has 0 saturated heterocycles. The molecule has 1 N–H and O–H groups in total. The van der Waals surface area contributed by atoms with Crippen LogP contribution in [0, 0.1) is 5.41 Å². The van der Waals surface area contributed by atoms with Crippen molar-refractivity contribution in [2.75, 3.05) is 6.54 Å². The van der Waals surface area contributed by atoms with Crippen LogP contribution in [0.15, 0.2) is 30.3 Å². The quantitative estimate of drug-likeness (QED) is 0.581. The summed E-state index contributed by atoms with van der Waals surface area (Å²) in [5.41, 5.74) is 1.04. The third kappa shape index (κ3) is 8.28. The van der Waals surface area contributed by atoms with E-state index in [0.29, 0.717) is 24.7 Å². The monoisotopic (exact) mass is 289 g/mol. The van der Waals surface area contributed by atoms with Crippen LogP contribution in [-0.2, 0) is 4.79 Å². The Kier molecular flexibility index (Phi) is 7.13. The molecule has 21 heavy (non-hydrogen) atoms. The van der Waals surface area contributed by atoms with Crippen LogP contribution in [0.2, 0.25) is 0 Å². The molecule has 0 aliphatic rings. The Morgan fingerprint density at radius 2 is 1.67 bits per heavy atom. The molecule has 0 aromatic heterocycles. The van der Waals surface area contributed by atoms with Gasteiger partial charge in [0, 0.05) is 24.9 Å². The molecule has 0 radical (unpaired) electrons. The van der Waals surface area contributed by atoms with Crippen LogP contribution in [0.5, 0.6) is 0 Å². The van der Waals surface area contributed by atoms with Crippen LogP contribution >= 0.6 is 0 Å². The van der Waals surface area contributed by atoms with Crippen LogP contribution in [0.4, 0.5) is 0 Å².